The van der Waals surface area contributed by atoms with E-state index in [9.17, 15) is 74.3 Å². The maximum absolute atomic E-state index is 13.3. The molecular formula is C10H7F15O3S. The summed E-state index contributed by atoms with van der Waals surface area (Å²) in [4.78, 5) is 0. The largest absolute Gasteiger partial charge is 0.382 e. The van der Waals surface area contributed by atoms with Crippen molar-refractivity contribution in [3.8, 4) is 0 Å². The van der Waals surface area contributed by atoms with E-state index in [1.54, 1.807) is 0 Å². The summed E-state index contributed by atoms with van der Waals surface area (Å²) in [6.07, 6.45) is -24.4. The van der Waals surface area contributed by atoms with Crippen LogP contribution in [0.2, 0.25) is 0 Å². The van der Waals surface area contributed by atoms with E-state index in [4.69, 9.17) is 4.55 Å². The summed E-state index contributed by atoms with van der Waals surface area (Å²) >= 11 is 0. The smallest absolute Gasteiger partial charge is 0.283 e. The molecule has 3 nitrogen and oxygen atoms in total. The molecule has 0 heterocycles. The quantitative estimate of drug-likeness (QED) is 0.365. The van der Waals surface area contributed by atoms with Gasteiger partial charge in [0.25, 0.3) is 11.9 Å². The van der Waals surface area contributed by atoms with E-state index in [0.717, 1.165) is 0 Å². The first-order valence-corrected chi connectivity index (χ1v) is 7.95. The van der Waals surface area contributed by atoms with Crippen LogP contribution in [0.15, 0.2) is 0 Å². The minimum Gasteiger partial charge on any atom is -0.283 e. The third kappa shape index (κ3) is 4.63. The topological polar surface area (TPSA) is 54.4 Å². The zero-order chi connectivity index (χ0) is 24.0. The van der Waals surface area contributed by atoms with E-state index >= 15 is 0 Å². The van der Waals surface area contributed by atoms with Gasteiger partial charge in [0, 0.05) is 0 Å². The number of alkyl halides is 15. The van der Waals surface area contributed by atoms with Crippen LogP contribution < -0.4 is 0 Å². The van der Waals surface area contributed by atoms with Gasteiger partial charge in [-0.2, -0.15) is 43.5 Å². The minimum absolute atomic E-state index is 4.44. The summed E-state index contributed by atoms with van der Waals surface area (Å²) in [7, 11) is -6.96. The van der Waals surface area contributed by atoms with Crippen LogP contribution in [0.5, 0.6) is 0 Å². The number of hydrogen-bond donors (Lipinski definition) is 1. The van der Waals surface area contributed by atoms with Gasteiger partial charge in [0.1, 0.15) is 0 Å². The van der Waals surface area contributed by atoms with Crippen molar-refractivity contribution in [2.75, 3.05) is 0 Å². The van der Waals surface area contributed by atoms with Crippen molar-refractivity contribution < 1.29 is 78.8 Å². The number of rotatable bonds is 10. The highest BCUT2D eigenvalue weighted by atomic mass is 32.2. The molecule has 29 heavy (non-hydrogen) atoms. The highest BCUT2D eigenvalue weighted by Crippen LogP contribution is 2.56. The van der Waals surface area contributed by atoms with Crippen LogP contribution in [0.25, 0.3) is 0 Å². The first-order chi connectivity index (χ1) is 12.5. The van der Waals surface area contributed by atoms with Gasteiger partial charge in [0.2, 0.25) is 6.17 Å². The van der Waals surface area contributed by atoms with Crippen molar-refractivity contribution in [3.63, 3.8) is 0 Å². The third-order valence-corrected chi connectivity index (χ3v) is 4.07. The molecule has 0 fully saturated rings. The van der Waals surface area contributed by atoms with E-state index in [0.29, 0.717) is 0 Å². The van der Waals surface area contributed by atoms with Crippen molar-refractivity contribution in [1.29, 1.82) is 0 Å². The van der Waals surface area contributed by atoms with Crippen molar-refractivity contribution >= 4 is 10.1 Å². The van der Waals surface area contributed by atoms with Crippen LogP contribution in [-0.4, -0.2) is 73.3 Å². The maximum Gasteiger partial charge on any atom is 0.382 e. The van der Waals surface area contributed by atoms with E-state index in [-0.39, 0.29) is 0 Å². The standard InChI is InChI=1S/C10H7F15O3S/c11-1(3(13)5(15)16)2(12)4(14)7(18,19)9(22,23)10(24,25)8(20,21)6(17)29(26,27)28/h1-6H,(H,26,27,28). The van der Waals surface area contributed by atoms with Gasteiger partial charge < -0.3 is 0 Å². The molecule has 1 N–H and O–H groups in total. The molecule has 0 amide bonds. The second kappa shape index (κ2) is 8.18. The molecule has 0 bridgehead atoms. The number of hydrogen-bond acceptors (Lipinski definition) is 2. The van der Waals surface area contributed by atoms with E-state index in [1.807, 2.05) is 0 Å². The van der Waals surface area contributed by atoms with Crippen LogP contribution in [0.3, 0.4) is 0 Å². The summed E-state index contributed by atoms with van der Waals surface area (Å²) < 4.78 is 222. The molecule has 0 aliphatic rings. The molecule has 0 aromatic heterocycles. The van der Waals surface area contributed by atoms with E-state index < -0.39 is 70.4 Å². The lowest BCUT2D eigenvalue weighted by molar-refractivity contribution is -0.382. The second-order valence-electron chi connectivity index (χ2n) is 5.30. The monoisotopic (exact) mass is 492 g/mol. The number of halogens is 15. The van der Waals surface area contributed by atoms with Crippen LogP contribution in [0.1, 0.15) is 0 Å². The Hall–Kier alpha value is -1.14. The van der Waals surface area contributed by atoms with Crippen LogP contribution in [-0.2, 0) is 10.1 Å². The lowest BCUT2D eigenvalue weighted by atomic mass is 9.92. The summed E-state index contributed by atoms with van der Waals surface area (Å²) in [5.74, 6) is -30.7. The summed E-state index contributed by atoms with van der Waals surface area (Å²) in [6, 6.07) is 0. The molecule has 0 saturated heterocycles. The van der Waals surface area contributed by atoms with Gasteiger partial charge in [-0.1, -0.05) is 0 Å². The maximum atomic E-state index is 13.3. The molecule has 0 rings (SSSR count). The summed E-state index contributed by atoms with van der Waals surface area (Å²) in [6.45, 7) is 0. The average Bonchev–Trinajstić information content (AvgIpc) is 2.56. The lowest BCUT2D eigenvalue weighted by Gasteiger charge is -2.38. The Balaban J connectivity index is 6.19. The van der Waals surface area contributed by atoms with Crippen molar-refractivity contribution in [1.82, 2.24) is 0 Å². The normalized spacial score (nSPS) is 20.3. The van der Waals surface area contributed by atoms with Crippen molar-refractivity contribution in [2.24, 2.45) is 0 Å². The minimum atomic E-state index is -7.93. The SMILES string of the molecule is O=S(=O)(O)C(F)C(F)(F)C(F)(F)C(F)(F)C(F)(F)C(F)C(F)C(F)C(F)C(F)F. The fourth-order valence-corrected chi connectivity index (χ4v) is 2.12. The molecular weight excluding hydrogens is 485 g/mol. The zero-order valence-electron chi connectivity index (χ0n) is 12.8. The predicted octanol–water partition coefficient (Wildman–Crippen LogP) is 4.33. The fourth-order valence-electron chi connectivity index (χ4n) is 1.60. The van der Waals surface area contributed by atoms with Crippen LogP contribution >= 0.6 is 0 Å². The molecule has 0 radical (unpaired) electrons. The van der Waals surface area contributed by atoms with Crippen molar-refractivity contribution in [3.05, 3.63) is 0 Å². The first kappa shape index (κ1) is 27.9. The van der Waals surface area contributed by atoms with Gasteiger partial charge in [-0.3, -0.25) is 4.55 Å². The third-order valence-electron chi connectivity index (χ3n) is 3.25. The van der Waals surface area contributed by atoms with Gasteiger partial charge in [-0.15, -0.1) is 0 Å². The Morgan fingerprint density at radius 3 is 1.24 bits per heavy atom. The van der Waals surface area contributed by atoms with Crippen LogP contribution in [0, 0.1) is 0 Å². The summed E-state index contributed by atoms with van der Waals surface area (Å²) in [5, 5.41) is 0. The molecule has 0 aromatic carbocycles. The average molecular weight is 492 g/mol. The molecule has 0 saturated carbocycles. The molecule has 0 spiro atoms. The molecule has 0 aromatic rings. The Kier molecular flexibility index (Phi) is 7.86. The Bertz CT molecular complexity index is 665. The Morgan fingerprint density at radius 2 is 0.931 bits per heavy atom. The van der Waals surface area contributed by atoms with Gasteiger partial charge >= 0.3 is 33.8 Å². The van der Waals surface area contributed by atoms with Crippen molar-refractivity contribution in [2.45, 2.75) is 60.3 Å². The van der Waals surface area contributed by atoms with Gasteiger partial charge in [-0.25, -0.2) is 30.7 Å². The molecule has 176 valence electrons. The first-order valence-electron chi connectivity index (χ1n) is 6.45. The Labute approximate surface area is 150 Å². The second-order valence-corrected chi connectivity index (χ2v) is 6.74. The van der Waals surface area contributed by atoms with Gasteiger partial charge in [0.05, 0.1) is 0 Å². The highest BCUT2D eigenvalue weighted by molar-refractivity contribution is 7.86. The highest BCUT2D eigenvalue weighted by Gasteiger charge is 2.85. The molecule has 5 unspecified atom stereocenters. The predicted molar refractivity (Wildman–Crippen MR) is 61.8 cm³/mol. The van der Waals surface area contributed by atoms with Gasteiger partial charge in [-0.05, 0) is 0 Å². The lowest BCUT2D eigenvalue weighted by Crippen LogP contribution is -2.68. The van der Waals surface area contributed by atoms with E-state index in [1.165, 1.54) is 0 Å². The van der Waals surface area contributed by atoms with Gasteiger partial charge in [0.15, 0.2) is 18.5 Å². The van der Waals surface area contributed by atoms with E-state index in [2.05, 4.69) is 0 Å². The molecule has 5 atom stereocenters. The summed E-state index contributed by atoms with van der Waals surface area (Å²) in [5.41, 5.74) is -5.69. The zero-order valence-corrected chi connectivity index (χ0v) is 13.6. The molecule has 19 heteroatoms. The fraction of sp³-hybridized carbons (Fsp3) is 1.00. The Morgan fingerprint density at radius 1 is 0.586 bits per heavy atom. The molecule has 0 aliphatic heterocycles. The van der Waals surface area contributed by atoms with Crippen LogP contribution in [0.4, 0.5) is 65.9 Å². The molecule has 0 aliphatic carbocycles.